The number of ether oxygens (including phenoxy) is 2. The Labute approximate surface area is 126 Å². The molecule has 0 radical (unpaired) electrons. The predicted molar refractivity (Wildman–Crippen MR) is 83.0 cm³/mol. The van der Waals surface area contributed by atoms with Gasteiger partial charge in [0.2, 0.25) is 0 Å². The second-order valence-electron chi connectivity index (χ2n) is 6.23. The highest BCUT2D eigenvalue weighted by Crippen LogP contribution is 2.38. The number of hydrogen-bond acceptors (Lipinski definition) is 3. The van der Waals surface area contributed by atoms with Crippen LogP contribution in [0.4, 0.5) is 4.39 Å². The van der Waals surface area contributed by atoms with Gasteiger partial charge in [-0.1, -0.05) is 0 Å². The summed E-state index contributed by atoms with van der Waals surface area (Å²) < 4.78 is 25.2. The Balaban J connectivity index is 2.33. The van der Waals surface area contributed by atoms with Gasteiger partial charge in [0.05, 0.1) is 14.2 Å². The summed E-state index contributed by atoms with van der Waals surface area (Å²) in [6.07, 6.45) is 3.24. The Hall–Kier alpha value is -1.29. The van der Waals surface area contributed by atoms with Gasteiger partial charge in [-0.2, -0.15) is 0 Å². The summed E-state index contributed by atoms with van der Waals surface area (Å²) in [5.74, 6) is 1.97. The third kappa shape index (κ3) is 3.88. The zero-order chi connectivity index (χ0) is 15.5. The lowest BCUT2D eigenvalue weighted by atomic mass is 9.88. The van der Waals surface area contributed by atoms with Gasteiger partial charge in [0.25, 0.3) is 0 Å². The van der Waals surface area contributed by atoms with Crippen molar-refractivity contribution in [2.24, 2.45) is 5.92 Å². The van der Waals surface area contributed by atoms with Crippen molar-refractivity contribution in [2.75, 3.05) is 27.3 Å². The molecular weight excluding hydrogens is 269 g/mol. The van der Waals surface area contributed by atoms with E-state index < -0.39 is 5.67 Å². The summed E-state index contributed by atoms with van der Waals surface area (Å²) in [5, 5.41) is 3.37. The molecule has 1 fully saturated rings. The van der Waals surface area contributed by atoms with Gasteiger partial charge in [0, 0.05) is 11.6 Å². The summed E-state index contributed by atoms with van der Waals surface area (Å²) >= 11 is 0. The quantitative estimate of drug-likeness (QED) is 0.902. The molecule has 0 aliphatic carbocycles. The van der Waals surface area contributed by atoms with Crippen molar-refractivity contribution >= 4 is 0 Å². The molecule has 4 heteroatoms. The van der Waals surface area contributed by atoms with E-state index in [0.717, 1.165) is 43.7 Å². The summed E-state index contributed by atoms with van der Waals surface area (Å²) in [6.45, 7) is 5.24. The first kappa shape index (κ1) is 16.1. The fraction of sp³-hybridized carbons (Fsp3) is 0.647. The van der Waals surface area contributed by atoms with Gasteiger partial charge in [0.15, 0.2) is 0 Å². The van der Waals surface area contributed by atoms with E-state index in [1.807, 2.05) is 12.1 Å². The highest BCUT2D eigenvalue weighted by Gasteiger charge is 2.26. The Morgan fingerprint density at radius 2 is 1.76 bits per heavy atom. The molecule has 1 aliphatic heterocycles. The van der Waals surface area contributed by atoms with Crippen molar-refractivity contribution in [3.05, 3.63) is 23.3 Å². The molecule has 1 aromatic carbocycles. The smallest absolute Gasteiger partial charge is 0.134 e. The van der Waals surface area contributed by atoms with Crippen LogP contribution in [-0.4, -0.2) is 27.3 Å². The van der Waals surface area contributed by atoms with Crippen LogP contribution in [0.15, 0.2) is 12.1 Å². The predicted octanol–water partition coefficient (Wildman–Crippen LogP) is 3.45. The number of methoxy groups -OCH3 is 2. The monoisotopic (exact) mass is 295 g/mol. The highest BCUT2D eigenvalue weighted by atomic mass is 19.1. The van der Waals surface area contributed by atoms with E-state index in [0.29, 0.717) is 17.2 Å². The normalized spacial score (nSPS) is 16.8. The van der Waals surface area contributed by atoms with E-state index in [9.17, 15) is 4.39 Å². The number of nitrogens with one attached hydrogen (secondary N) is 1. The van der Waals surface area contributed by atoms with E-state index in [-0.39, 0.29) is 0 Å². The molecule has 0 aromatic heterocycles. The van der Waals surface area contributed by atoms with E-state index in [4.69, 9.17) is 9.47 Å². The van der Waals surface area contributed by atoms with Gasteiger partial charge in [-0.15, -0.1) is 0 Å². The average Bonchev–Trinajstić information content (AvgIpc) is 2.47. The van der Waals surface area contributed by atoms with Crippen molar-refractivity contribution in [1.29, 1.82) is 0 Å². The van der Waals surface area contributed by atoms with Gasteiger partial charge in [0.1, 0.15) is 17.2 Å². The van der Waals surface area contributed by atoms with Crippen LogP contribution in [0.25, 0.3) is 0 Å². The van der Waals surface area contributed by atoms with Gasteiger partial charge in [-0.3, -0.25) is 0 Å². The average molecular weight is 295 g/mol. The Kier molecular flexibility index (Phi) is 5.09. The number of alkyl halides is 1. The first-order chi connectivity index (χ1) is 9.95. The van der Waals surface area contributed by atoms with Gasteiger partial charge >= 0.3 is 0 Å². The summed E-state index contributed by atoms with van der Waals surface area (Å²) in [5.41, 5.74) is 0.237. The van der Waals surface area contributed by atoms with Crippen molar-refractivity contribution in [2.45, 2.75) is 38.8 Å². The number of hydrogen-bond donors (Lipinski definition) is 1. The maximum absolute atomic E-state index is 14.4. The molecule has 3 nitrogen and oxygen atoms in total. The molecule has 2 rings (SSSR count). The Morgan fingerprint density at radius 3 is 2.29 bits per heavy atom. The van der Waals surface area contributed by atoms with E-state index in [1.165, 1.54) is 0 Å². The minimum Gasteiger partial charge on any atom is -0.496 e. The molecular formula is C17H26FNO2. The van der Waals surface area contributed by atoms with E-state index in [1.54, 1.807) is 28.1 Å². The molecule has 1 N–H and O–H groups in total. The largest absolute Gasteiger partial charge is 0.496 e. The van der Waals surface area contributed by atoms with Crippen LogP contribution in [0.5, 0.6) is 11.5 Å². The molecule has 0 spiro atoms. The first-order valence-corrected chi connectivity index (χ1v) is 7.60. The van der Waals surface area contributed by atoms with Crippen LogP contribution < -0.4 is 14.8 Å². The van der Waals surface area contributed by atoms with Crippen LogP contribution in [0.3, 0.4) is 0 Å². The molecule has 0 saturated carbocycles. The third-order valence-corrected chi connectivity index (χ3v) is 4.21. The maximum atomic E-state index is 14.4. The van der Waals surface area contributed by atoms with Gasteiger partial charge in [-0.05, 0) is 63.7 Å². The zero-order valence-corrected chi connectivity index (χ0v) is 13.5. The molecule has 1 heterocycles. The van der Waals surface area contributed by atoms with Crippen LogP contribution in [0, 0.1) is 5.92 Å². The molecule has 0 atom stereocenters. The molecule has 1 aliphatic rings. The fourth-order valence-electron chi connectivity index (χ4n) is 2.99. The van der Waals surface area contributed by atoms with Crippen molar-refractivity contribution in [1.82, 2.24) is 5.32 Å². The molecule has 1 aromatic rings. The summed E-state index contributed by atoms with van der Waals surface area (Å²) in [4.78, 5) is 0. The second-order valence-corrected chi connectivity index (χ2v) is 6.23. The first-order valence-electron chi connectivity index (χ1n) is 7.60. The lowest BCUT2D eigenvalue weighted by Crippen LogP contribution is -2.28. The van der Waals surface area contributed by atoms with Crippen LogP contribution in [0.1, 0.15) is 37.8 Å². The topological polar surface area (TPSA) is 30.5 Å². The summed E-state index contributed by atoms with van der Waals surface area (Å²) in [6, 6.07) is 3.73. The van der Waals surface area contributed by atoms with Crippen LogP contribution in [-0.2, 0) is 12.1 Å². The van der Waals surface area contributed by atoms with E-state index in [2.05, 4.69) is 5.32 Å². The SMILES string of the molecule is COc1cc(OC)c(C(C)(C)F)cc1CC1CCNCC1. The lowest BCUT2D eigenvalue weighted by molar-refractivity contribution is 0.212. The van der Waals surface area contributed by atoms with Crippen molar-refractivity contribution < 1.29 is 13.9 Å². The summed E-state index contributed by atoms with van der Waals surface area (Å²) in [7, 11) is 3.22. The molecule has 21 heavy (non-hydrogen) atoms. The number of rotatable bonds is 5. The molecule has 0 amide bonds. The third-order valence-electron chi connectivity index (χ3n) is 4.21. The van der Waals surface area contributed by atoms with Gasteiger partial charge in [-0.25, -0.2) is 4.39 Å². The van der Waals surface area contributed by atoms with Crippen LogP contribution in [0.2, 0.25) is 0 Å². The number of benzene rings is 1. The van der Waals surface area contributed by atoms with E-state index >= 15 is 0 Å². The minimum absolute atomic E-state index is 0.549. The number of piperidine rings is 1. The minimum atomic E-state index is -1.43. The highest BCUT2D eigenvalue weighted by molar-refractivity contribution is 5.49. The van der Waals surface area contributed by atoms with Crippen LogP contribution >= 0.6 is 0 Å². The molecule has 1 saturated heterocycles. The Bertz CT molecular complexity index is 476. The maximum Gasteiger partial charge on any atom is 0.134 e. The molecule has 118 valence electrons. The fourth-order valence-corrected chi connectivity index (χ4v) is 2.99. The zero-order valence-electron chi connectivity index (χ0n) is 13.5. The number of halogens is 1. The van der Waals surface area contributed by atoms with Crippen molar-refractivity contribution in [3.63, 3.8) is 0 Å². The van der Waals surface area contributed by atoms with Gasteiger partial charge < -0.3 is 14.8 Å². The Morgan fingerprint density at radius 1 is 1.14 bits per heavy atom. The molecule has 0 bridgehead atoms. The second kappa shape index (κ2) is 6.65. The standard InChI is InChI=1S/C17H26FNO2/c1-17(2,18)14-10-13(9-12-5-7-19-8-6-12)15(20-3)11-16(14)21-4/h10-12,19H,5-9H2,1-4H3. The van der Waals surface area contributed by atoms with Crippen molar-refractivity contribution in [3.8, 4) is 11.5 Å². The lowest BCUT2D eigenvalue weighted by Gasteiger charge is -2.25. The molecule has 0 unspecified atom stereocenters.